The van der Waals surface area contributed by atoms with Crippen molar-refractivity contribution in [3.8, 4) is 0 Å². The topological polar surface area (TPSA) is 46.5 Å². The van der Waals surface area contributed by atoms with Crippen molar-refractivity contribution in [1.82, 2.24) is 0 Å². The zero-order valence-corrected chi connectivity index (χ0v) is 8.32. The van der Waals surface area contributed by atoms with Crippen LogP contribution in [0.1, 0.15) is 33.1 Å². The third kappa shape index (κ3) is 2.44. The van der Waals surface area contributed by atoms with E-state index in [1.165, 1.54) is 0 Å². The second kappa shape index (κ2) is 4.61. The van der Waals surface area contributed by atoms with Crippen molar-refractivity contribution in [3.05, 3.63) is 0 Å². The van der Waals surface area contributed by atoms with Crippen LogP contribution >= 0.6 is 0 Å². The van der Waals surface area contributed by atoms with Crippen molar-refractivity contribution in [2.45, 2.75) is 39.2 Å². The fraction of sp³-hybridized carbons (Fsp3) is 0.900. The Labute approximate surface area is 79.1 Å². The van der Waals surface area contributed by atoms with Crippen molar-refractivity contribution in [2.75, 3.05) is 6.61 Å². The Kier molecular flexibility index (Phi) is 3.72. The number of ether oxygens (including phenoxy) is 1. The molecule has 0 radical (unpaired) electrons. The van der Waals surface area contributed by atoms with Crippen LogP contribution in [0.5, 0.6) is 0 Å². The van der Waals surface area contributed by atoms with Gasteiger partial charge in [-0.3, -0.25) is 4.79 Å². The molecule has 0 aromatic rings. The van der Waals surface area contributed by atoms with Gasteiger partial charge >= 0.3 is 5.97 Å². The van der Waals surface area contributed by atoms with Crippen LogP contribution in [0.4, 0.5) is 0 Å². The summed E-state index contributed by atoms with van der Waals surface area (Å²) >= 11 is 0. The summed E-state index contributed by atoms with van der Waals surface area (Å²) in [5.41, 5.74) is 0. The van der Waals surface area contributed by atoms with Gasteiger partial charge in [0, 0.05) is 6.61 Å². The lowest BCUT2D eigenvalue weighted by Crippen LogP contribution is -2.39. The van der Waals surface area contributed by atoms with Gasteiger partial charge in [-0.1, -0.05) is 20.3 Å². The molecule has 1 fully saturated rings. The second-order valence-corrected chi connectivity index (χ2v) is 3.81. The molecular weight excluding hydrogens is 168 g/mol. The number of carboxylic acids is 1. The minimum atomic E-state index is -0.704. The molecule has 1 heterocycles. The number of carboxylic acid groups (broad SMARTS) is 1. The first kappa shape index (κ1) is 10.5. The van der Waals surface area contributed by atoms with E-state index in [1.807, 2.05) is 0 Å². The Morgan fingerprint density at radius 3 is 2.92 bits per heavy atom. The fourth-order valence-electron chi connectivity index (χ4n) is 1.86. The highest BCUT2D eigenvalue weighted by Crippen LogP contribution is 2.27. The van der Waals surface area contributed by atoms with Gasteiger partial charge in [0.05, 0.1) is 12.0 Å². The van der Waals surface area contributed by atoms with Gasteiger partial charge < -0.3 is 9.84 Å². The molecule has 1 rings (SSSR count). The first-order valence-corrected chi connectivity index (χ1v) is 5.01. The molecule has 1 saturated heterocycles. The van der Waals surface area contributed by atoms with Crippen LogP contribution in [0.25, 0.3) is 0 Å². The predicted octanol–water partition coefficient (Wildman–Crippen LogP) is 1.91. The molecule has 3 atom stereocenters. The van der Waals surface area contributed by atoms with Crippen LogP contribution in [0.15, 0.2) is 0 Å². The van der Waals surface area contributed by atoms with Crippen molar-refractivity contribution < 1.29 is 14.6 Å². The summed E-state index contributed by atoms with van der Waals surface area (Å²) in [6.45, 7) is 4.85. The maximum Gasteiger partial charge on any atom is 0.309 e. The molecule has 1 N–H and O–H groups in total. The van der Waals surface area contributed by atoms with Gasteiger partial charge in [-0.25, -0.2) is 0 Å². The molecule has 0 aromatic carbocycles. The molecule has 0 spiro atoms. The highest BCUT2D eigenvalue weighted by atomic mass is 16.5. The van der Waals surface area contributed by atoms with Gasteiger partial charge in [0.15, 0.2) is 0 Å². The number of rotatable bonds is 3. The summed E-state index contributed by atoms with van der Waals surface area (Å²) in [6.07, 6.45) is 2.55. The summed E-state index contributed by atoms with van der Waals surface area (Å²) < 4.78 is 5.52. The molecule has 13 heavy (non-hydrogen) atoms. The van der Waals surface area contributed by atoms with Crippen LogP contribution in [-0.4, -0.2) is 23.8 Å². The first-order chi connectivity index (χ1) is 6.16. The molecule has 76 valence electrons. The first-order valence-electron chi connectivity index (χ1n) is 5.01. The van der Waals surface area contributed by atoms with Gasteiger partial charge in [-0.2, -0.15) is 0 Å². The quantitative estimate of drug-likeness (QED) is 0.732. The molecule has 0 saturated carbocycles. The minimum absolute atomic E-state index is 0.0729. The molecule has 0 amide bonds. The van der Waals surface area contributed by atoms with E-state index in [0.29, 0.717) is 5.92 Å². The van der Waals surface area contributed by atoms with Crippen LogP contribution in [0.3, 0.4) is 0 Å². The van der Waals surface area contributed by atoms with Crippen LogP contribution in [0, 0.1) is 11.8 Å². The van der Waals surface area contributed by atoms with Crippen LogP contribution < -0.4 is 0 Å². The average Bonchev–Trinajstić information content (AvgIpc) is 2.16. The number of aliphatic carboxylic acids is 1. The Balaban J connectivity index is 2.61. The molecular formula is C10H18O3. The van der Waals surface area contributed by atoms with E-state index in [1.54, 1.807) is 0 Å². The summed E-state index contributed by atoms with van der Waals surface area (Å²) in [5, 5.41) is 8.97. The Morgan fingerprint density at radius 1 is 1.69 bits per heavy atom. The van der Waals surface area contributed by atoms with Gasteiger partial charge in [0.2, 0.25) is 0 Å². The van der Waals surface area contributed by atoms with Crippen molar-refractivity contribution in [1.29, 1.82) is 0 Å². The standard InChI is InChI=1S/C10H18O3/c1-3-7(2)9-8(10(11)12)5-4-6-13-9/h7-9H,3-6H2,1-2H3,(H,11,12). The molecule has 3 unspecified atom stereocenters. The van der Waals surface area contributed by atoms with Crippen LogP contribution in [-0.2, 0) is 9.53 Å². The zero-order chi connectivity index (χ0) is 9.84. The molecule has 1 aliphatic rings. The molecule has 0 bridgehead atoms. The molecule has 1 aliphatic heterocycles. The highest BCUT2D eigenvalue weighted by molar-refractivity contribution is 5.70. The zero-order valence-electron chi connectivity index (χ0n) is 8.32. The summed E-state index contributed by atoms with van der Waals surface area (Å²) in [7, 11) is 0. The van der Waals surface area contributed by atoms with Crippen molar-refractivity contribution in [3.63, 3.8) is 0 Å². The SMILES string of the molecule is CCC(C)C1OCCCC1C(=O)O. The van der Waals surface area contributed by atoms with Gasteiger partial charge in [-0.15, -0.1) is 0 Å². The number of hydrogen-bond acceptors (Lipinski definition) is 2. The van der Waals surface area contributed by atoms with E-state index in [4.69, 9.17) is 9.84 Å². The normalized spacial score (nSPS) is 31.2. The van der Waals surface area contributed by atoms with Gasteiger partial charge in [-0.05, 0) is 18.8 Å². The van der Waals surface area contributed by atoms with Crippen molar-refractivity contribution >= 4 is 5.97 Å². The predicted molar refractivity (Wildman–Crippen MR) is 49.6 cm³/mol. The van der Waals surface area contributed by atoms with E-state index in [-0.39, 0.29) is 12.0 Å². The lowest BCUT2D eigenvalue weighted by atomic mass is 9.85. The maximum absolute atomic E-state index is 10.9. The van der Waals surface area contributed by atoms with E-state index in [0.717, 1.165) is 25.9 Å². The Morgan fingerprint density at radius 2 is 2.38 bits per heavy atom. The summed E-state index contributed by atoms with van der Waals surface area (Å²) in [4.78, 5) is 10.9. The molecule has 0 aliphatic carbocycles. The van der Waals surface area contributed by atoms with E-state index in [2.05, 4.69) is 13.8 Å². The lowest BCUT2D eigenvalue weighted by Gasteiger charge is -2.32. The summed E-state index contributed by atoms with van der Waals surface area (Å²) in [6, 6.07) is 0. The average molecular weight is 186 g/mol. The fourth-order valence-corrected chi connectivity index (χ4v) is 1.86. The largest absolute Gasteiger partial charge is 0.481 e. The third-order valence-corrected chi connectivity index (χ3v) is 2.89. The molecule has 0 aromatic heterocycles. The molecule has 3 heteroatoms. The highest BCUT2D eigenvalue weighted by Gasteiger charge is 2.34. The number of carbonyl (C=O) groups is 1. The smallest absolute Gasteiger partial charge is 0.309 e. The third-order valence-electron chi connectivity index (χ3n) is 2.89. The van der Waals surface area contributed by atoms with E-state index in [9.17, 15) is 4.79 Å². The van der Waals surface area contributed by atoms with Gasteiger partial charge in [0.1, 0.15) is 0 Å². The minimum Gasteiger partial charge on any atom is -0.481 e. The summed E-state index contributed by atoms with van der Waals surface area (Å²) in [5.74, 6) is -0.643. The Hall–Kier alpha value is -0.570. The van der Waals surface area contributed by atoms with Crippen LogP contribution in [0.2, 0.25) is 0 Å². The Bertz CT molecular complexity index is 179. The van der Waals surface area contributed by atoms with E-state index < -0.39 is 5.97 Å². The van der Waals surface area contributed by atoms with Gasteiger partial charge in [0.25, 0.3) is 0 Å². The molecule has 3 nitrogen and oxygen atoms in total. The van der Waals surface area contributed by atoms with Crippen molar-refractivity contribution in [2.24, 2.45) is 11.8 Å². The number of hydrogen-bond donors (Lipinski definition) is 1. The lowest BCUT2D eigenvalue weighted by molar-refractivity contribution is -0.154. The van der Waals surface area contributed by atoms with E-state index >= 15 is 0 Å². The second-order valence-electron chi connectivity index (χ2n) is 3.81. The maximum atomic E-state index is 10.9. The monoisotopic (exact) mass is 186 g/mol.